The van der Waals surface area contributed by atoms with Gasteiger partial charge < -0.3 is 15.0 Å². The first kappa shape index (κ1) is 30.3. The summed E-state index contributed by atoms with van der Waals surface area (Å²) in [5, 5.41) is 2.63. The van der Waals surface area contributed by atoms with Crippen molar-refractivity contribution in [1.82, 2.24) is 14.5 Å². The van der Waals surface area contributed by atoms with Crippen molar-refractivity contribution in [3.8, 4) is 5.75 Å². The van der Waals surface area contributed by atoms with Gasteiger partial charge in [-0.3, -0.25) is 9.59 Å². The van der Waals surface area contributed by atoms with E-state index in [1.807, 2.05) is 32.9 Å². The van der Waals surface area contributed by atoms with Crippen molar-refractivity contribution in [2.75, 3.05) is 33.3 Å². The van der Waals surface area contributed by atoms with Gasteiger partial charge in [-0.15, -0.1) is 0 Å². The number of rotatable bonds is 7. The highest BCUT2D eigenvalue weighted by Gasteiger charge is 2.31. The summed E-state index contributed by atoms with van der Waals surface area (Å²) in [6.45, 7) is 14.0. The van der Waals surface area contributed by atoms with Crippen LogP contribution in [0, 0.1) is 0 Å². The van der Waals surface area contributed by atoms with Gasteiger partial charge >= 0.3 is 0 Å². The molecule has 0 bridgehead atoms. The van der Waals surface area contributed by atoms with Crippen molar-refractivity contribution in [2.24, 2.45) is 0 Å². The van der Waals surface area contributed by atoms with E-state index in [-0.39, 0.29) is 16.2 Å². The number of nitrogens with one attached hydrogen (secondary N) is 1. The van der Waals surface area contributed by atoms with Gasteiger partial charge in [-0.25, -0.2) is 8.42 Å². The molecular formula is C28H41N3O5S. The van der Waals surface area contributed by atoms with Crippen LogP contribution in [0.25, 0.3) is 0 Å². The molecule has 0 saturated carbocycles. The van der Waals surface area contributed by atoms with Gasteiger partial charge in [-0.05, 0) is 40.7 Å². The number of hydrogen-bond donors (Lipinski definition) is 1. The second-order valence-electron chi connectivity index (χ2n) is 10.4. The maximum absolute atomic E-state index is 12.9. The summed E-state index contributed by atoms with van der Waals surface area (Å²) in [6.07, 6.45) is 0.719. The Labute approximate surface area is 222 Å². The van der Waals surface area contributed by atoms with E-state index in [2.05, 4.69) is 31.3 Å². The molecule has 1 fully saturated rings. The summed E-state index contributed by atoms with van der Waals surface area (Å²) in [6, 6.07) is 13.3. The fourth-order valence-electron chi connectivity index (χ4n) is 4.01. The van der Waals surface area contributed by atoms with Crippen LogP contribution >= 0.6 is 0 Å². The lowest BCUT2D eigenvalue weighted by Gasteiger charge is -2.33. The van der Waals surface area contributed by atoms with Crippen molar-refractivity contribution in [1.29, 1.82) is 0 Å². The number of methoxy groups -OCH3 is 1. The molecule has 0 aromatic heterocycles. The van der Waals surface area contributed by atoms with Crippen LogP contribution in [-0.4, -0.2) is 63.2 Å². The number of amides is 2. The monoisotopic (exact) mass is 531 g/mol. The summed E-state index contributed by atoms with van der Waals surface area (Å²) < 4.78 is 32.7. The molecular weight excluding hydrogens is 490 g/mol. The zero-order valence-electron chi connectivity index (χ0n) is 23.1. The van der Waals surface area contributed by atoms with Gasteiger partial charge in [0.25, 0.3) is 0 Å². The Balaban J connectivity index is 0.000000312. The van der Waals surface area contributed by atoms with Gasteiger partial charge in [0.2, 0.25) is 22.3 Å². The van der Waals surface area contributed by atoms with Crippen molar-refractivity contribution in [3.63, 3.8) is 0 Å². The number of hydrogen-bond acceptors (Lipinski definition) is 5. The molecule has 37 heavy (non-hydrogen) atoms. The third kappa shape index (κ3) is 8.30. The van der Waals surface area contributed by atoms with E-state index >= 15 is 0 Å². The van der Waals surface area contributed by atoms with E-state index in [1.165, 1.54) is 16.8 Å². The highest BCUT2D eigenvalue weighted by molar-refractivity contribution is 7.89. The van der Waals surface area contributed by atoms with E-state index in [0.717, 1.165) is 17.5 Å². The Morgan fingerprint density at radius 3 is 2.11 bits per heavy atom. The fourth-order valence-corrected chi connectivity index (χ4v) is 5.45. The first-order valence-corrected chi connectivity index (χ1v) is 13.9. The third-order valence-electron chi connectivity index (χ3n) is 6.34. The van der Waals surface area contributed by atoms with Crippen LogP contribution in [-0.2, 0) is 31.6 Å². The number of ether oxygens (including phenoxy) is 1. The molecule has 8 nitrogen and oxygen atoms in total. The van der Waals surface area contributed by atoms with Crippen molar-refractivity contribution in [3.05, 3.63) is 59.2 Å². The SMILES string of the molecule is CC(C)c1ccc(CNC=O)cc1.COc1ccc(S(=O)(=O)N2CCN(C(C)=O)CC2)cc1C(C)(C)C. The first-order chi connectivity index (χ1) is 17.3. The molecule has 1 aliphatic rings. The summed E-state index contributed by atoms with van der Waals surface area (Å²) in [7, 11) is -2.00. The zero-order chi connectivity index (χ0) is 27.8. The van der Waals surface area contributed by atoms with Crippen LogP contribution in [0.4, 0.5) is 0 Å². The maximum atomic E-state index is 12.9. The van der Waals surface area contributed by atoms with Crippen molar-refractivity contribution in [2.45, 2.75) is 64.3 Å². The molecule has 2 aromatic carbocycles. The lowest BCUT2D eigenvalue weighted by atomic mass is 9.86. The summed E-state index contributed by atoms with van der Waals surface area (Å²) >= 11 is 0. The van der Waals surface area contributed by atoms with E-state index in [9.17, 15) is 18.0 Å². The van der Waals surface area contributed by atoms with Gasteiger partial charge in [-0.2, -0.15) is 4.31 Å². The molecule has 1 heterocycles. The van der Waals surface area contributed by atoms with Crippen LogP contribution in [0.1, 0.15) is 64.2 Å². The average Bonchev–Trinajstić information content (AvgIpc) is 2.87. The number of carbonyl (C=O) groups excluding carboxylic acids is 2. The van der Waals surface area contributed by atoms with Gasteiger partial charge in [0.1, 0.15) is 5.75 Å². The molecule has 0 unspecified atom stereocenters. The Bertz CT molecular complexity index is 1150. The normalized spacial score (nSPS) is 14.5. The van der Waals surface area contributed by atoms with Gasteiger partial charge in [-0.1, -0.05) is 58.9 Å². The van der Waals surface area contributed by atoms with Gasteiger partial charge in [0, 0.05) is 45.2 Å². The number of carbonyl (C=O) groups is 2. The molecule has 3 rings (SSSR count). The predicted octanol–water partition coefficient (Wildman–Crippen LogP) is 3.90. The smallest absolute Gasteiger partial charge is 0.243 e. The molecule has 9 heteroatoms. The largest absolute Gasteiger partial charge is 0.496 e. The molecule has 1 aliphatic heterocycles. The number of sulfonamides is 1. The van der Waals surface area contributed by atoms with E-state index in [1.54, 1.807) is 30.2 Å². The minimum absolute atomic E-state index is 0.0217. The van der Waals surface area contributed by atoms with E-state index < -0.39 is 10.0 Å². The lowest BCUT2D eigenvalue weighted by Crippen LogP contribution is -2.49. The van der Waals surface area contributed by atoms with Crippen LogP contribution in [0.15, 0.2) is 47.4 Å². The Hall–Kier alpha value is -2.91. The second kappa shape index (κ2) is 13.1. The lowest BCUT2D eigenvalue weighted by molar-refractivity contribution is -0.130. The topological polar surface area (TPSA) is 96.0 Å². The molecule has 1 N–H and O–H groups in total. The van der Waals surface area contributed by atoms with Crippen LogP contribution in [0.2, 0.25) is 0 Å². The summed E-state index contributed by atoms with van der Waals surface area (Å²) in [5.74, 6) is 1.22. The minimum Gasteiger partial charge on any atom is -0.496 e. The van der Waals surface area contributed by atoms with Crippen LogP contribution in [0.3, 0.4) is 0 Å². The maximum Gasteiger partial charge on any atom is 0.243 e. The second-order valence-corrected chi connectivity index (χ2v) is 12.4. The Morgan fingerprint density at radius 2 is 1.65 bits per heavy atom. The number of nitrogens with zero attached hydrogens (tertiary/aromatic N) is 2. The summed E-state index contributed by atoms with van der Waals surface area (Å²) in [4.78, 5) is 23.4. The molecule has 0 spiro atoms. The van der Waals surface area contributed by atoms with Gasteiger partial charge in [0.05, 0.1) is 12.0 Å². The average molecular weight is 532 g/mol. The molecule has 2 aromatic rings. The summed E-state index contributed by atoms with van der Waals surface area (Å²) in [5.41, 5.74) is 3.09. The number of piperazine rings is 1. The quantitative estimate of drug-likeness (QED) is 0.547. The van der Waals surface area contributed by atoms with Crippen LogP contribution in [0.5, 0.6) is 5.75 Å². The first-order valence-electron chi connectivity index (χ1n) is 12.5. The zero-order valence-corrected chi connectivity index (χ0v) is 23.9. The van der Waals surface area contributed by atoms with Gasteiger partial charge in [0.15, 0.2) is 0 Å². The highest BCUT2D eigenvalue weighted by Crippen LogP contribution is 2.34. The van der Waals surface area contributed by atoms with E-state index in [4.69, 9.17) is 4.74 Å². The molecule has 0 aliphatic carbocycles. The van der Waals surface area contributed by atoms with E-state index in [0.29, 0.717) is 44.4 Å². The van der Waals surface area contributed by atoms with Crippen molar-refractivity contribution >= 4 is 22.3 Å². The highest BCUT2D eigenvalue weighted by atomic mass is 32.2. The molecule has 1 saturated heterocycles. The predicted molar refractivity (Wildman–Crippen MR) is 146 cm³/mol. The Morgan fingerprint density at radius 1 is 1.05 bits per heavy atom. The molecule has 2 amide bonds. The third-order valence-corrected chi connectivity index (χ3v) is 8.23. The standard InChI is InChI=1S/C17H26N2O4S.C11H15NO/c1-13(20)18-8-10-19(11-9-18)24(21,22)14-6-7-16(23-5)15(12-14)17(2,3)4;1-9(2)11-5-3-10(4-6-11)7-12-8-13/h6-7,12H,8-11H2,1-5H3;3-6,8-9H,7H2,1-2H3,(H,12,13). The van der Waals surface area contributed by atoms with Crippen molar-refractivity contribution < 1.29 is 22.7 Å². The molecule has 0 atom stereocenters. The molecule has 0 radical (unpaired) electrons. The Kier molecular flexibility index (Phi) is 10.7. The fraction of sp³-hybridized carbons (Fsp3) is 0.500. The number of benzene rings is 2. The van der Waals surface area contributed by atoms with Crippen LogP contribution < -0.4 is 10.1 Å². The minimum atomic E-state index is -3.58. The molecule has 204 valence electrons.